The fourth-order valence-electron chi connectivity index (χ4n) is 4.69. The van der Waals surface area contributed by atoms with Gasteiger partial charge in [-0.05, 0) is 56.7 Å². The molecule has 1 atom stereocenters. The van der Waals surface area contributed by atoms with Crippen molar-refractivity contribution < 1.29 is 9.47 Å². The van der Waals surface area contributed by atoms with Crippen molar-refractivity contribution in [3.63, 3.8) is 0 Å². The highest BCUT2D eigenvalue weighted by Crippen LogP contribution is 2.45. The molecule has 0 radical (unpaired) electrons. The van der Waals surface area contributed by atoms with E-state index in [1.165, 1.54) is 0 Å². The molecule has 1 aliphatic heterocycles. The number of benzene rings is 2. The molecule has 1 aliphatic rings. The number of aromatic nitrogens is 4. The van der Waals surface area contributed by atoms with Crippen molar-refractivity contribution in [1.82, 2.24) is 19.6 Å². The Morgan fingerprint density at radius 1 is 1.09 bits per heavy atom. The summed E-state index contributed by atoms with van der Waals surface area (Å²) in [6.07, 6.45) is 0. The minimum absolute atomic E-state index is 0.0815. The van der Waals surface area contributed by atoms with E-state index in [9.17, 15) is 5.26 Å². The van der Waals surface area contributed by atoms with E-state index in [2.05, 4.69) is 17.2 Å². The maximum atomic E-state index is 10.0. The fraction of sp³-hybridized carbons (Fsp3) is 0.222. The third-order valence-corrected chi connectivity index (χ3v) is 6.29. The summed E-state index contributed by atoms with van der Waals surface area (Å²) in [5.74, 6) is 0.927. The van der Waals surface area contributed by atoms with Crippen LogP contribution in [0, 0.1) is 32.1 Å². The summed E-state index contributed by atoms with van der Waals surface area (Å²) in [6.45, 7) is 6.46. The van der Waals surface area contributed by atoms with Crippen LogP contribution < -0.4 is 15.2 Å². The van der Waals surface area contributed by atoms with Crippen LogP contribution in [0.4, 0.5) is 0 Å². The Kier molecular flexibility index (Phi) is 5.53. The zero-order chi connectivity index (χ0) is 24.7. The van der Waals surface area contributed by atoms with E-state index >= 15 is 0 Å². The number of nitrogens with zero attached hydrogens (tertiary/aromatic N) is 5. The van der Waals surface area contributed by atoms with Crippen molar-refractivity contribution in [3.8, 4) is 23.4 Å². The maximum Gasteiger partial charge on any atom is 0.229 e. The third-order valence-electron chi connectivity index (χ3n) is 6.29. The zero-order valence-corrected chi connectivity index (χ0v) is 20.1. The van der Waals surface area contributed by atoms with E-state index < -0.39 is 5.92 Å². The van der Waals surface area contributed by atoms with Crippen molar-refractivity contribution in [3.05, 3.63) is 99.8 Å². The van der Waals surface area contributed by atoms with Crippen LogP contribution in [-0.2, 0) is 6.54 Å². The summed E-state index contributed by atoms with van der Waals surface area (Å²) < 4.78 is 15.3. The molecular weight excluding hydrogens is 440 g/mol. The number of rotatable bonds is 5. The van der Waals surface area contributed by atoms with Crippen LogP contribution in [0.1, 0.15) is 39.7 Å². The van der Waals surface area contributed by atoms with Gasteiger partial charge in [0, 0.05) is 11.3 Å². The molecule has 0 saturated carbocycles. The highest BCUT2D eigenvalue weighted by Gasteiger charge is 2.36. The molecule has 35 heavy (non-hydrogen) atoms. The van der Waals surface area contributed by atoms with Crippen LogP contribution in [0.15, 0.2) is 66.1 Å². The van der Waals surface area contributed by atoms with Gasteiger partial charge in [-0.25, -0.2) is 4.68 Å². The van der Waals surface area contributed by atoms with Crippen LogP contribution >= 0.6 is 0 Å². The zero-order valence-electron chi connectivity index (χ0n) is 20.1. The molecule has 2 N–H and O–H groups in total. The number of nitrogens with two attached hydrogens (primary N) is 1. The van der Waals surface area contributed by atoms with Gasteiger partial charge >= 0.3 is 0 Å². The summed E-state index contributed by atoms with van der Waals surface area (Å²) in [4.78, 5) is 0. The standard InChI is InChI=1S/C27H26N6O2/c1-16-12-17(2)32(30-16)15-20-13-19(10-11-23(20)34-4)25-22(14-28)26(29)35-27-24(25)18(3)31-33(27)21-8-6-5-7-9-21/h5-13,25H,15,29H2,1-4H3/t25-/m0/s1. The number of aryl methyl sites for hydroxylation is 3. The first-order valence-electron chi connectivity index (χ1n) is 11.3. The molecule has 0 bridgehead atoms. The summed E-state index contributed by atoms with van der Waals surface area (Å²) in [5.41, 5.74) is 13.0. The molecule has 8 heteroatoms. The molecule has 5 rings (SSSR count). The molecule has 8 nitrogen and oxygen atoms in total. The quantitative estimate of drug-likeness (QED) is 0.471. The topological polar surface area (TPSA) is 104 Å². The minimum atomic E-state index is -0.425. The number of hydrogen-bond acceptors (Lipinski definition) is 6. The van der Waals surface area contributed by atoms with Gasteiger partial charge in [0.15, 0.2) is 0 Å². The molecule has 0 unspecified atom stereocenters. The Morgan fingerprint density at radius 3 is 2.51 bits per heavy atom. The van der Waals surface area contributed by atoms with Crippen molar-refractivity contribution in [2.75, 3.05) is 7.11 Å². The predicted octanol–water partition coefficient (Wildman–Crippen LogP) is 4.27. The second-order valence-corrected chi connectivity index (χ2v) is 8.63. The maximum absolute atomic E-state index is 10.0. The first-order valence-corrected chi connectivity index (χ1v) is 11.3. The minimum Gasteiger partial charge on any atom is -0.496 e. The summed E-state index contributed by atoms with van der Waals surface area (Å²) >= 11 is 0. The Balaban J connectivity index is 1.66. The van der Waals surface area contributed by atoms with Gasteiger partial charge in [-0.1, -0.05) is 24.3 Å². The van der Waals surface area contributed by atoms with E-state index in [1.54, 1.807) is 11.8 Å². The molecule has 0 amide bonds. The summed E-state index contributed by atoms with van der Waals surface area (Å²) in [7, 11) is 1.65. The van der Waals surface area contributed by atoms with Gasteiger partial charge in [0.1, 0.15) is 17.4 Å². The molecule has 2 aromatic heterocycles. The van der Waals surface area contributed by atoms with Gasteiger partial charge < -0.3 is 15.2 Å². The van der Waals surface area contributed by atoms with Crippen molar-refractivity contribution in [1.29, 1.82) is 5.26 Å². The van der Waals surface area contributed by atoms with Gasteiger partial charge in [0.05, 0.1) is 42.2 Å². The van der Waals surface area contributed by atoms with E-state index in [0.29, 0.717) is 18.0 Å². The van der Waals surface area contributed by atoms with Crippen LogP contribution in [0.5, 0.6) is 11.6 Å². The lowest BCUT2D eigenvalue weighted by Gasteiger charge is -2.25. The number of para-hydroxylation sites is 1. The first-order chi connectivity index (χ1) is 16.9. The molecule has 2 aromatic carbocycles. The molecule has 176 valence electrons. The number of ether oxygens (including phenoxy) is 2. The second kappa shape index (κ2) is 8.69. The molecular formula is C27H26N6O2. The van der Waals surface area contributed by atoms with Crippen molar-refractivity contribution in [2.45, 2.75) is 33.2 Å². The van der Waals surface area contributed by atoms with Crippen LogP contribution in [0.2, 0.25) is 0 Å². The second-order valence-electron chi connectivity index (χ2n) is 8.63. The van der Waals surface area contributed by atoms with Gasteiger partial charge in [0.2, 0.25) is 11.8 Å². The Labute approximate surface area is 203 Å². The largest absolute Gasteiger partial charge is 0.496 e. The van der Waals surface area contributed by atoms with Crippen LogP contribution in [0.3, 0.4) is 0 Å². The molecule has 0 saturated heterocycles. The monoisotopic (exact) mass is 466 g/mol. The summed E-state index contributed by atoms with van der Waals surface area (Å²) in [5, 5.41) is 19.4. The van der Waals surface area contributed by atoms with Crippen LogP contribution in [0.25, 0.3) is 5.69 Å². The van der Waals surface area contributed by atoms with Gasteiger partial charge in [-0.2, -0.15) is 15.5 Å². The fourth-order valence-corrected chi connectivity index (χ4v) is 4.69. The van der Waals surface area contributed by atoms with Gasteiger partial charge in [-0.15, -0.1) is 0 Å². The van der Waals surface area contributed by atoms with E-state index in [0.717, 1.165) is 45.2 Å². The lowest BCUT2D eigenvalue weighted by molar-refractivity contribution is 0.367. The Morgan fingerprint density at radius 2 is 1.86 bits per heavy atom. The normalized spacial score (nSPS) is 14.9. The van der Waals surface area contributed by atoms with Crippen molar-refractivity contribution in [2.24, 2.45) is 5.73 Å². The molecule has 4 aromatic rings. The SMILES string of the molecule is COc1ccc([C@H]2C(C#N)=C(N)Oc3c2c(C)nn3-c2ccccc2)cc1Cn1nc(C)cc1C. The third kappa shape index (κ3) is 3.81. The van der Waals surface area contributed by atoms with E-state index in [1.807, 2.05) is 74.0 Å². The number of nitriles is 1. The molecule has 0 spiro atoms. The van der Waals surface area contributed by atoms with E-state index in [-0.39, 0.29) is 5.88 Å². The molecule has 0 fully saturated rings. The number of methoxy groups -OCH3 is 1. The highest BCUT2D eigenvalue weighted by atomic mass is 16.5. The highest BCUT2D eigenvalue weighted by molar-refractivity contribution is 5.58. The smallest absolute Gasteiger partial charge is 0.229 e. The lowest BCUT2D eigenvalue weighted by Crippen LogP contribution is -2.22. The van der Waals surface area contributed by atoms with Gasteiger partial charge in [0.25, 0.3) is 0 Å². The number of hydrogen-bond donors (Lipinski definition) is 1. The van der Waals surface area contributed by atoms with Crippen LogP contribution in [-0.4, -0.2) is 26.7 Å². The van der Waals surface area contributed by atoms with Gasteiger partial charge in [-0.3, -0.25) is 4.68 Å². The van der Waals surface area contributed by atoms with E-state index in [4.69, 9.17) is 20.3 Å². The number of allylic oxidation sites excluding steroid dienone is 1. The lowest BCUT2D eigenvalue weighted by atomic mass is 9.83. The molecule has 0 aliphatic carbocycles. The van der Waals surface area contributed by atoms with Crippen molar-refractivity contribution >= 4 is 0 Å². The molecule has 3 heterocycles. The predicted molar refractivity (Wildman–Crippen MR) is 131 cm³/mol. The summed E-state index contributed by atoms with van der Waals surface area (Å²) in [6, 6.07) is 20.0. The first kappa shape index (κ1) is 22.3. The number of fused-ring (bicyclic) bond motifs is 1. The average Bonchev–Trinajstić information content (AvgIpc) is 3.35. The average molecular weight is 467 g/mol. The Bertz CT molecular complexity index is 1490. The Hall–Kier alpha value is -4.51.